The molecule has 4 aromatic rings. The van der Waals surface area contributed by atoms with Crippen molar-refractivity contribution in [3.8, 4) is 11.3 Å². The van der Waals surface area contributed by atoms with Gasteiger partial charge in [0.05, 0.1) is 11.6 Å². The van der Waals surface area contributed by atoms with E-state index in [9.17, 15) is 4.79 Å². The van der Waals surface area contributed by atoms with Gasteiger partial charge < -0.3 is 15.5 Å². The predicted molar refractivity (Wildman–Crippen MR) is 98.9 cm³/mol. The molecule has 0 saturated carbocycles. The molecule has 0 aliphatic carbocycles. The summed E-state index contributed by atoms with van der Waals surface area (Å²) >= 11 is 0. The number of nitrogens with zero attached hydrogens (tertiary/aromatic N) is 2. The smallest absolute Gasteiger partial charge is 0.0983 e. The van der Waals surface area contributed by atoms with Gasteiger partial charge >= 0.3 is 0 Å². The van der Waals surface area contributed by atoms with E-state index in [1.807, 2.05) is 48.7 Å². The van der Waals surface area contributed by atoms with Crippen molar-refractivity contribution in [1.82, 2.24) is 9.97 Å². The number of rotatable bonds is 2. The molecule has 0 bridgehead atoms. The molecule has 0 unspecified atom stereocenters. The molecule has 2 heterocycles. The van der Waals surface area contributed by atoms with E-state index in [0.29, 0.717) is 0 Å². The van der Waals surface area contributed by atoms with Gasteiger partial charge in [-0.3, -0.25) is 4.98 Å². The Kier molecular flexibility index (Phi) is 7.15. The second-order valence-corrected chi connectivity index (χ2v) is 5.20. The van der Waals surface area contributed by atoms with Crippen molar-refractivity contribution in [3.63, 3.8) is 0 Å². The van der Waals surface area contributed by atoms with Gasteiger partial charge in [0.2, 0.25) is 0 Å². The number of pyridine rings is 2. The number of hydrogen-bond donors (Lipinski definition) is 0. The molecule has 4 nitrogen and oxygen atoms in total. The van der Waals surface area contributed by atoms with E-state index in [-0.39, 0.29) is 25.8 Å². The van der Waals surface area contributed by atoms with Crippen LogP contribution in [0.15, 0.2) is 85.2 Å². The summed E-state index contributed by atoms with van der Waals surface area (Å²) in [6.07, 6.45) is 3.33. The van der Waals surface area contributed by atoms with Crippen molar-refractivity contribution < 1.29 is 24.9 Å². The van der Waals surface area contributed by atoms with Gasteiger partial charge in [0.1, 0.15) is 0 Å². The summed E-state index contributed by atoms with van der Waals surface area (Å²) in [5.41, 5.74) is 8.85. The zero-order valence-electron chi connectivity index (χ0n) is 13.7. The molecule has 26 heavy (non-hydrogen) atoms. The molecule has 131 valence electrons. The average molecular weight is 518 g/mol. The molecule has 0 aliphatic rings. The SMILES string of the molecule is [Ir].[NH-]C(=O)c1ccccn1.[c-]1ccccc1-c1nccc2ccccc12. The Morgan fingerprint density at radius 1 is 0.846 bits per heavy atom. The third kappa shape index (κ3) is 4.82. The minimum Gasteiger partial charge on any atom is -0.662 e. The van der Waals surface area contributed by atoms with Crippen LogP contribution in [0.2, 0.25) is 0 Å². The van der Waals surface area contributed by atoms with Crippen molar-refractivity contribution in [2.45, 2.75) is 0 Å². The Balaban J connectivity index is 0.000000210. The van der Waals surface area contributed by atoms with E-state index in [4.69, 9.17) is 5.73 Å². The number of amides is 1. The molecule has 0 spiro atoms. The zero-order valence-corrected chi connectivity index (χ0v) is 16.1. The Labute approximate surface area is 165 Å². The van der Waals surface area contributed by atoms with E-state index in [1.165, 1.54) is 23.0 Å². The fourth-order valence-corrected chi connectivity index (χ4v) is 2.37. The van der Waals surface area contributed by atoms with Crippen LogP contribution in [-0.4, -0.2) is 15.9 Å². The third-order valence-electron chi connectivity index (χ3n) is 3.54. The van der Waals surface area contributed by atoms with E-state index in [0.717, 1.165) is 11.3 Å². The topological polar surface area (TPSA) is 66.7 Å². The molecule has 5 heteroatoms. The Bertz CT molecular complexity index is 971. The van der Waals surface area contributed by atoms with Gasteiger partial charge in [-0.25, -0.2) is 0 Å². The van der Waals surface area contributed by atoms with Crippen LogP contribution in [0.25, 0.3) is 27.8 Å². The molecule has 2 aromatic heterocycles. The van der Waals surface area contributed by atoms with E-state index >= 15 is 0 Å². The first-order valence-corrected chi connectivity index (χ1v) is 7.73. The van der Waals surface area contributed by atoms with Crippen LogP contribution in [0.1, 0.15) is 10.5 Å². The van der Waals surface area contributed by atoms with Gasteiger partial charge in [-0.05, 0) is 34.7 Å². The summed E-state index contributed by atoms with van der Waals surface area (Å²) in [7, 11) is 0. The monoisotopic (exact) mass is 518 g/mol. The van der Waals surface area contributed by atoms with Crippen LogP contribution < -0.4 is 0 Å². The van der Waals surface area contributed by atoms with Crippen molar-refractivity contribution in [3.05, 3.63) is 103 Å². The van der Waals surface area contributed by atoms with Crippen molar-refractivity contribution >= 4 is 16.7 Å². The van der Waals surface area contributed by atoms with Gasteiger partial charge in [0.25, 0.3) is 0 Å². The van der Waals surface area contributed by atoms with Gasteiger partial charge in [-0.2, -0.15) is 0 Å². The quantitative estimate of drug-likeness (QED) is 0.353. The fraction of sp³-hybridized carbons (Fsp3) is 0. The summed E-state index contributed by atoms with van der Waals surface area (Å²) in [6.45, 7) is 0. The van der Waals surface area contributed by atoms with Crippen molar-refractivity contribution in [2.24, 2.45) is 0 Å². The normalized spacial score (nSPS) is 9.54. The maximum atomic E-state index is 10.2. The third-order valence-corrected chi connectivity index (χ3v) is 3.54. The predicted octanol–water partition coefficient (Wildman–Crippen LogP) is 4.97. The zero-order chi connectivity index (χ0) is 17.5. The largest absolute Gasteiger partial charge is 0.662 e. The molecule has 0 fully saturated rings. The first-order chi connectivity index (χ1) is 12.3. The second kappa shape index (κ2) is 9.56. The molecular formula is C21H15IrN3O-2. The Morgan fingerprint density at radius 2 is 1.62 bits per heavy atom. The van der Waals surface area contributed by atoms with Crippen LogP contribution in [-0.2, 0) is 20.1 Å². The molecule has 0 saturated heterocycles. The van der Waals surface area contributed by atoms with Gasteiger partial charge in [-0.15, -0.1) is 35.9 Å². The Hall–Kier alpha value is -2.88. The first-order valence-electron chi connectivity index (χ1n) is 7.73. The summed E-state index contributed by atoms with van der Waals surface area (Å²) < 4.78 is 0. The molecule has 0 aliphatic heterocycles. The molecular weight excluding hydrogens is 502 g/mol. The summed E-state index contributed by atoms with van der Waals surface area (Å²) in [6, 6.07) is 26.3. The van der Waals surface area contributed by atoms with Gasteiger partial charge in [0, 0.05) is 32.5 Å². The molecule has 1 amide bonds. The summed E-state index contributed by atoms with van der Waals surface area (Å²) in [5.74, 6) is -0.740. The number of aromatic nitrogens is 2. The molecule has 1 radical (unpaired) electrons. The van der Waals surface area contributed by atoms with E-state index in [2.05, 4.69) is 28.2 Å². The van der Waals surface area contributed by atoms with Crippen LogP contribution in [0.3, 0.4) is 0 Å². The molecule has 2 aromatic carbocycles. The molecule has 0 atom stereocenters. The number of carbonyl (C=O) groups excluding carboxylic acids is 1. The van der Waals surface area contributed by atoms with Gasteiger partial charge in [0.15, 0.2) is 0 Å². The first kappa shape index (κ1) is 19.4. The van der Waals surface area contributed by atoms with Gasteiger partial charge in [-0.1, -0.05) is 30.3 Å². The van der Waals surface area contributed by atoms with Crippen molar-refractivity contribution in [1.29, 1.82) is 0 Å². The maximum Gasteiger partial charge on any atom is 0.0983 e. The summed E-state index contributed by atoms with van der Waals surface area (Å²) in [5, 5.41) is 2.39. The number of fused-ring (bicyclic) bond motifs is 1. The van der Waals surface area contributed by atoms with Crippen LogP contribution in [0.4, 0.5) is 0 Å². The standard InChI is InChI=1S/C15H10N.C6H6N2O.Ir/c1-2-7-13(8-3-1)15-14-9-5-4-6-12(14)10-11-16-15;7-6(9)5-3-1-2-4-8-5;/h1-7,9-11H;1-4H,(H2,7,9);/q-1;;/p-1. The number of nitrogens with one attached hydrogen (secondary N) is 1. The number of carbonyl (C=O) groups is 1. The van der Waals surface area contributed by atoms with Crippen LogP contribution in [0, 0.1) is 6.07 Å². The molecule has 4 rings (SSSR count). The van der Waals surface area contributed by atoms with Crippen molar-refractivity contribution in [2.75, 3.05) is 0 Å². The number of benzene rings is 2. The maximum absolute atomic E-state index is 10.2. The van der Waals surface area contributed by atoms with Crippen LogP contribution >= 0.6 is 0 Å². The minimum atomic E-state index is -0.740. The summed E-state index contributed by atoms with van der Waals surface area (Å²) in [4.78, 5) is 18.3. The second-order valence-electron chi connectivity index (χ2n) is 5.20. The average Bonchev–Trinajstić information content (AvgIpc) is 2.69. The van der Waals surface area contributed by atoms with E-state index in [1.54, 1.807) is 12.1 Å². The van der Waals surface area contributed by atoms with Crippen LogP contribution in [0.5, 0.6) is 0 Å². The Morgan fingerprint density at radius 3 is 2.27 bits per heavy atom. The molecule has 1 N–H and O–H groups in total. The van der Waals surface area contributed by atoms with E-state index < -0.39 is 5.91 Å². The fourth-order valence-electron chi connectivity index (χ4n) is 2.37. The minimum absolute atomic E-state index is 0. The number of hydrogen-bond acceptors (Lipinski definition) is 3.